The normalized spacial score (nSPS) is 12.9. The van der Waals surface area contributed by atoms with Crippen molar-refractivity contribution in [2.45, 2.75) is 105 Å². The number of anilines is 2. The lowest BCUT2D eigenvalue weighted by molar-refractivity contribution is -0.133. The van der Waals surface area contributed by atoms with Gasteiger partial charge >= 0.3 is 11.8 Å². The molecule has 0 saturated carbocycles. The summed E-state index contributed by atoms with van der Waals surface area (Å²) < 4.78 is 0. The Labute approximate surface area is 216 Å². The van der Waals surface area contributed by atoms with Gasteiger partial charge in [0.2, 0.25) is 0 Å². The molecule has 0 bridgehead atoms. The number of carbonyl (C=O) groups excluding carboxylic acids is 2. The second-order valence-electron chi connectivity index (χ2n) is 13.7. The van der Waals surface area contributed by atoms with E-state index in [4.69, 9.17) is 0 Å². The Balaban J connectivity index is 2.48. The van der Waals surface area contributed by atoms with Crippen molar-refractivity contribution in [3.8, 4) is 11.5 Å². The minimum atomic E-state index is -0.936. The first-order chi connectivity index (χ1) is 16.0. The lowest BCUT2D eigenvalue weighted by Crippen LogP contribution is -2.30. The van der Waals surface area contributed by atoms with Crippen LogP contribution in [0.3, 0.4) is 0 Å². The van der Waals surface area contributed by atoms with Crippen LogP contribution < -0.4 is 10.6 Å². The largest absolute Gasteiger partial charge is 0.505 e. The van der Waals surface area contributed by atoms with Gasteiger partial charge in [-0.25, -0.2) is 0 Å². The molecule has 0 saturated heterocycles. The molecule has 4 N–H and O–H groups in total. The smallest absolute Gasteiger partial charge is 0.314 e. The molecule has 0 aromatic heterocycles. The summed E-state index contributed by atoms with van der Waals surface area (Å²) in [4.78, 5) is 25.9. The van der Waals surface area contributed by atoms with E-state index in [1.165, 1.54) is 0 Å². The topological polar surface area (TPSA) is 98.7 Å². The van der Waals surface area contributed by atoms with E-state index in [2.05, 4.69) is 10.6 Å². The molecular weight excluding hydrogens is 452 g/mol. The summed E-state index contributed by atoms with van der Waals surface area (Å²) in [6.07, 6.45) is 0. The monoisotopic (exact) mass is 496 g/mol. The number of aromatic hydroxyl groups is 2. The van der Waals surface area contributed by atoms with Gasteiger partial charge < -0.3 is 20.8 Å². The van der Waals surface area contributed by atoms with Crippen molar-refractivity contribution in [2.75, 3.05) is 10.6 Å². The van der Waals surface area contributed by atoms with Gasteiger partial charge in [-0.2, -0.15) is 0 Å². The third kappa shape index (κ3) is 6.59. The molecule has 0 spiro atoms. The van der Waals surface area contributed by atoms with Crippen LogP contribution in [0.15, 0.2) is 24.3 Å². The molecule has 2 aromatic rings. The highest BCUT2D eigenvalue weighted by atomic mass is 16.3. The third-order valence-electron chi connectivity index (χ3n) is 6.27. The molecule has 2 amide bonds. The number of carbonyl (C=O) groups is 2. The van der Waals surface area contributed by atoms with Crippen LogP contribution in [0.4, 0.5) is 11.4 Å². The van der Waals surface area contributed by atoms with Crippen molar-refractivity contribution in [1.82, 2.24) is 0 Å². The van der Waals surface area contributed by atoms with Gasteiger partial charge in [0.25, 0.3) is 0 Å². The standard InChI is InChI=1S/C30H44N2O4/c1-27(2,3)17-13-19(29(7,8)9)23(33)21(15-17)31-25(35)26(36)32-22-16-18(28(4,5)6)14-20(24(22)34)30(10,11)12/h13-16,33-34H,1-12H3,(H,31,35)(H,32,36). The van der Waals surface area contributed by atoms with Gasteiger partial charge in [-0.3, -0.25) is 9.59 Å². The predicted octanol–water partition coefficient (Wildman–Crippen LogP) is 6.87. The van der Waals surface area contributed by atoms with Crippen LogP contribution in [0, 0.1) is 0 Å². The van der Waals surface area contributed by atoms with E-state index in [9.17, 15) is 19.8 Å². The molecule has 0 aliphatic heterocycles. The number of hydrogen-bond acceptors (Lipinski definition) is 4. The number of hydrogen-bond donors (Lipinski definition) is 4. The second-order valence-corrected chi connectivity index (χ2v) is 13.7. The van der Waals surface area contributed by atoms with Gasteiger partial charge in [-0.05, 0) is 44.9 Å². The molecule has 6 heteroatoms. The van der Waals surface area contributed by atoms with Gasteiger partial charge in [0, 0.05) is 11.1 Å². The van der Waals surface area contributed by atoms with Crippen molar-refractivity contribution in [3.05, 3.63) is 46.5 Å². The van der Waals surface area contributed by atoms with Crippen LogP contribution >= 0.6 is 0 Å². The summed E-state index contributed by atoms with van der Waals surface area (Å²) >= 11 is 0. The Morgan fingerprint density at radius 2 is 0.806 bits per heavy atom. The van der Waals surface area contributed by atoms with Crippen molar-refractivity contribution >= 4 is 23.2 Å². The Kier molecular flexibility index (Phi) is 7.67. The average molecular weight is 497 g/mol. The van der Waals surface area contributed by atoms with E-state index in [1.54, 1.807) is 12.1 Å². The molecule has 0 fully saturated rings. The van der Waals surface area contributed by atoms with Gasteiger partial charge in [0.1, 0.15) is 11.5 Å². The lowest BCUT2D eigenvalue weighted by atomic mass is 9.79. The molecule has 0 aliphatic rings. The fourth-order valence-electron chi connectivity index (χ4n) is 3.83. The van der Waals surface area contributed by atoms with Crippen molar-refractivity contribution in [3.63, 3.8) is 0 Å². The number of amides is 2. The van der Waals surface area contributed by atoms with Gasteiger partial charge in [-0.15, -0.1) is 0 Å². The Hall–Kier alpha value is -3.02. The van der Waals surface area contributed by atoms with Gasteiger partial charge in [0.15, 0.2) is 0 Å². The van der Waals surface area contributed by atoms with Crippen LogP contribution in [-0.4, -0.2) is 22.0 Å². The highest BCUT2D eigenvalue weighted by Gasteiger charge is 2.29. The highest BCUT2D eigenvalue weighted by molar-refractivity contribution is 6.44. The Bertz CT molecular complexity index is 1070. The van der Waals surface area contributed by atoms with Crippen molar-refractivity contribution in [1.29, 1.82) is 0 Å². The molecule has 2 rings (SSSR count). The molecule has 0 radical (unpaired) electrons. The van der Waals surface area contributed by atoms with E-state index < -0.39 is 11.8 Å². The quantitative estimate of drug-likeness (QED) is 0.269. The van der Waals surface area contributed by atoms with Crippen molar-refractivity contribution in [2.24, 2.45) is 0 Å². The molecule has 2 aromatic carbocycles. The average Bonchev–Trinajstić information content (AvgIpc) is 2.67. The maximum absolute atomic E-state index is 13.0. The van der Waals surface area contributed by atoms with E-state index in [0.717, 1.165) is 11.1 Å². The number of rotatable bonds is 2. The summed E-state index contributed by atoms with van der Waals surface area (Å²) in [7, 11) is 0. The van der Waals surface area contributed by atoms with E-state index in [1.807, 2.05) is 95.2 Å². The summed E-state index contributed by atoms with van der Waals surface area (Å²) in [5, 5.41) is 27.1. The molecule has 36 heavy (non-hydrogen) atoms. The molecule has 198 valence electrons. The molecule has 0 heterocycles. The van der Waals surface area contributed by atoms with Crippen LogP contribution in [0.2, 0.25) is 0 Å². The minimum Gasteiger partial charge on any atom is -0.505 e. The Morgan fingerprint density at radius 3 is 1.03 bits per heavy atom. The Morgan fingerprint density at radius 1 is 0.528 bits per heavy atom. The zero-order chi connectivity index (χ0) is 28.0. The van der Waals surface area contributed by atoms with Gasteiger partial charge in [0.05, 0.1) is 11.4 Å². The SMILES string of the molecule is CC(C)(C)c1cc(NC(=O)C(=O)Nc2cc(C(C)(C)C)cc(C(C)(C)C)c2O)c(O)c(C(C)(C)C)c1. The first-order valence-corrected chi connectivity index (χ1v) is 12.4. The predicted molar refractivity (Wildman–Crippen MR) is 148 cm³/mol. The number of benzene rings is 2. The molecule has 0 aliphatic carbocycles. The number of phenols is 2. The highest BCUT2D eigenvalue weighted by Crippen LogP contribution is 2.42. The fraction of sp³-hybridized carbons (Fsp3) is 0.533. The zero-order valence-corrected chi connectivity index (χ0v) is 24.0. The van der Waals surface area contributed by atoms with Crippen LogP contribution in [0.1, 0.15) is 105 Å². The number of phenolic OH excluding ortho intramolecular Hbond substituents is 2. The minimum absolute atomic E-state index is 0.0655. The third-order valence-corrected chi connectivity index (χ3v) is 6.27. The van der Waals surface area contributed by atoms with E-state index in [0.29, 0.717) is 11.1 Å². The first-order valence-electron chi connectivity index (χ1n) is 12.4. The summed E-state index contributed by atoms with van der Waals surface area (Å²) in [5.74, 6) is -2.00. The summed E-state index contributed by atoms with van der Waals surface area (Å²) in [6.45, 7) is 24.1. The number of nitrogens with one attached hydrogen (secondary N) is 2. The second kappa shape index (κ2) is 9.45. The van der Waals surface area contributed by atoms with Gasteiger partial charge in [-0.1, -0.05) is 95.2 Å². The summed E-state index contributed by atoms with van der Waals surface area (Å²) in [6, 6.07) is 7.28. The fourth-order valence-corrected chi connectivity index (χ4v) is 3.83. The van der Waals surface area contributed by atoms with E-state index in [-0.39, 0.29) is 44.5 Å². The summed E-state index contributed by atoms with van der Waals surface area (Å²) in [5.41, 5.74) is 2.32. The molecular formula is C30H44N2O4. The van der Waals surface area contributed by atoms with Crippen molar-refractivity contribution < 1.29 is 19.8 Å². The molecule has 6 nitrogen and oxygen atoms in total. The maximum atomic E-state index is 13.0. The zero-order valence-electron chi connectivity index (χ0n) is 24.0. The lowest BCUT2D eigenvalue weighted by Gasteiger charge is -2.28. The molecule has 0 unspecified atom stereocenters. The van der Waals surface area contributed by atoms with Crippen LogP contribution in [0.5, 0.6) is 11.5 Å². The maximum Gasteiger partial charge on any atom is 0.314 e. The van der Waals surface area contributed by atoms with Crippen LogP contribution in [0.25, 0.3) is 0 Å². The van der Waals surface area contributed by atoms with Crippen LogP contribution in [-0.2, 0) is 31.2 Å². The molecule has 0 atom stereocenters. The van der Waals surface area contributed by atoms with E-state index >= 15 is 0 Å². The first kappa shape index (κ1) is 29.2.